The minimum absolute atomic E-state index is 0.0951. The highest BCUT2D eigenvalue weighted by Crippen LogP contribution is 2.03. The first kappa shape index (κ1) is 13.7. The van der Waals surface area contributed by atoms with Crippen molar-refractivity contribution in [3.05, 3.63) is 35.9 Å². The molecule has 1 atom stereocenters. The van der Waals surface area contributed by atoms with Gasteiger partial charge >= 0.3 is 0 Å². The normalized spacial score (nSPS) is 12.1. The molecule has 0 fully saturated rings. The molecule has 0 aromatic heterocycles. The molecule has 17 heavy (non-hydrogen) atoms. The van der Waals surface area contributed by atoms with E-state index in [2.05, 4.69) is 12.2 Å². The van der Waals surface area contributed by atoms with Crippen LogP contribution >= 0.6 is 0 Å². The van der Waals surface area contributed by atoms with E-state index in [4.69, 9.17) is 5.73 Å². The summed E-state index contributed by atoms with van der Waals surface area (Å²) in [6.07, 6.45) is 3.31. The van der Waals surface area contributed by atoms with E-state index in [1.807, 2.05) is 30.3 Å². The zero-order chi connectivity index (χ0) is 12.5. The molecule has 0 aliphatic heterocycles. The Hall–Kier alpha value is -1.35. The van der Waals surface area contributed by atoms with Gasteiger partial charge in [0.25, 0.3) is 0 Å². The molecule has 1 unspecified atom stereocenters. The number of rotatable bonds is 7. The summed E-state index contributed by atoms with van der Waals surface area (Å²) in [6, 6.07) is 10.2. The summed E-state index contributed by atoms with van der Waals surface area (Å²) in [6.45, 7) is 2.61. The number of nitrogens with one attached hydrogen (secondary N) is 1. The second-order valence-electron chi connectivity index (χ2n) is 4.27. The summed E-state index contributed by atoms with van der Waals surface area (Å²) in [4.78, 5) is 11.7. The van der Waals surface area contributed by atoms with Crippen molar-refractivity contribution in [3.8, 4) is 0 Å². The lowest BCUT2D eigenvalue weighted by molar-refractivity contribution is -0.121. The number of amides is 1. The van der Waals surface area contributed by atoms with Gasteiger partial charge in [-0.2, -0.15) is 0 Å². The zero-order valence-electron chi connectivity index (χ0n) is 10.5. The van der Waals surface area contributed by atoms with Gasteiger partial charge in [-0.05, 0) is 18.4 Å². The zero-order valence-corrected chi connectivity index (χ0v) is 10.5. The summed E-state index contributed by atoms with van der Waals surface area (Å²) in [5, 5.41) is 2.97. The maximum absolute atomic E-state index is 11.7. The quantitative estimate of drug-likeness (QED) is 0.756. The lowest BCUT2D eigenvalue weighted by Gasteiger charge is -2.15. The van der Waals surface area contributed by atoms with Crippen molar-refractivity contribution in [2.45, 2.75) is 38.6 Å². The Morgan fingerprint density at radius 2 is 2.06 bits per heavy atom. The van der Waals surface area contributed by atoms with Gasteiger partial charge in [-0.3, -0.25) is 4.79 Å². The van der Waals surface area contributed by atoms with Crippen LogP contribution in [0.3, 0.4) is 0 Å². The highest BCUT2D eigenvalue weighted by atomic mass is 16.1. The second-order valence-corrected chi connectivity index (χ2v) is 4.27. The lowest BCUT2D eigenvalue weighted by Crippen LogP contribution is -2.40. The number of carbonyl (C=O) groups is 1. The third-order valence-corrected chi connectivity index (χ3v) is 2.77. The fraction of sp³-hybridized carbons (Fsp3) is 0.500. The standard InChI is InChI=1S/C14H22N2O/c1-2-6-13(11-15)16-14(17)10-9-12-7-4-3-5-8-12/h3-5,7-8,13H,2,6,9-11,15H2,1H3,(H,16,17). The summed E-state index contributed by atoms with van der Waals surface area (Å²) in [5.74, 6) is 0.0951. The molecule has 3 heteroatoms. The van der Waals surface area contributed by atoms with E-state index in [9.17, 15) is 4.79 Å². The van der Waals surface area contributed by atoms with Crippen molar-refractivity contribution in [1.82, 2.24) is 5.32 Å². The maximum atomic E-state index is 11.7. The van der Waals surface area contributed by atoms with Gasteiger partial charge in [-0.1, -0.05) is 43.7 Å². The monoisotopic (exact) mass is 234 g/mol. The average Bonchev–Trinajstić information content (AvgIpc) is 2.37. The molecule has 1 rings (SSSR count). The number of nitrogens with two attached hydrogens (primary N) is 1. The van der Waals surface area contributed by atoms with E-state index >= 15 is 0 Å². The molecule has 0 spiro atoms. The van der Waals surface area contributed by atoms with Crippen LogP contribution in [0.15, 0.2) is 30.3 Å². The molecule has 0 bridgehead atoms. The number of hydrogen-bond donors (Lipinski definition) is 2. The molecule has 0 heterocycles. The van der Waals surface area contributed by atoms with Crippen molar-refractivity contribution >= 4 is 5.91 Å². The van der Waals surface area contributed by atoms with Crippen LogP contribution in [0.4, 0.5) is 0 Å². The third kappa shape index (κ3) is 5.50. The van der Waals surface area contributed by atoms with Crippen LogP contribution in [0.1, 0.15) is 31.7 Å². The van der Waals surface area contributed by atoms with Gasteiger partial charge in [0.1, 0.15) is 0 Å². The van der Waals surface area contributed by atoms with E-state index < -0.39 is 0 Å². The van der Waals surface area contributed by atoms with Gasteiger partial charge < -0.3 is 11.1 Å². The van der Waals surface area contributed by atoms with Crippen LogP contribution in [0.5, 0.6) is 0 Å². The Morgan fingerprint density at radius 3 is 2.65 bits per heavy atom. The molecule has 1 amide bonds. The van der Waals surface area contributed by atoms with E-state index in [1.54, 1.807) is 0 Å². The molecule has 1 aromatic rings. The maximum Gasteiger partial charge on any atom is 0.220 e. The van der Waals surface area contributed by atoms with Crippen LogP contribution in [0.25, 0.3) is 0 Å². The Balaban J connectivity index is 2.30. The Kier molecular flexibility index (Phi) is 6.33. The van der Waals surface area contributed by atoms with E-state index in [1.165, 1.54) is 5.56 Å². The predicted octanol–water partition coefficient (Wildman–Crippen LogP) is 1.86. The highest BCUT2D eigenvalue weighted by Gasteiger charge is 2.09. The van der Waals surface area contributed by atoms with Crippen LogP contribution in [0.2, 0.25) is 0 Å². The molecular formula is C14H22N2O. The number of hydrogen-bond acceptors (Lipinski definition) is 2. The summed E-state index contributed by atoms with van der Waals surface area (Å²) >= 11 is 0. The SMILES string of the molecule is CCCC(CN)NC(=O)CCc1ccccc1. The van der Waals surface area contributed by atoms with Crippen molar-refractivity contribution in [2.24, 2.45) is 5.73 Å². The molecular weight excluding hydrogens is 212 g/mol. The second kappa shape index (κ2) is 7.85. The number of benzene rings is 1. The first-order valence-corrected chi connectivity index (χ1v) is 6.29. The first-order chi connectivity index (χ1) is 8.26. The van der Waals surface area contributed by atoms with Crippen molar-refractivity contribution in [3.63, 3.8) is 0 Å². The predicted molar refractivity (Wildman–Crippen MR) is 70.7 cm³/mol. The lowest BCUT2D eigenvalue weighted by atomic mass is 10.1. The molecule has 0 aliphatic carbocycles. The van der Waals surface area contributed by atoms with E-state index in [0.29, 0.717) is 13.0 Å². The Labute approximate surface area is 103 Å². The van der Waals surface area contributed by atoms with Crippen LogP contribution in [-0.4, -0.2) is 18.5 Å². The van der Waals surface area contributed by atoms with Gasteiger partial charge in [0, 0.05) is 19.0 Å². The fourth-order valence-electron chi connectivity index (χ4n) is 1.80. The summed E-state index contributed by atoms with van der Waals surface area (Å²) in [5.41, 5.74) is 6.80. The smallest absolute Gasteiger partial charge is 0.220 e. The number of aryl methyl sites for hydroxylation is 1. The van der Waals surface area contributed by atoms with Gasteiger partial charge in [-0.15, -0.1) is 0 Å². The molecule has 94 valence electrons. The molecule has 0 saturated carbocycles. The van der Waals surface area contributed by atoms with Gasteiger partial charge in [-0.25, -0.2) is 0 Å². The largest absolute Gasteiger partial charge is 0.352 e. The van der Waals surface area contributed by atoms with Crippen molar-refractivity contribution in [1.29, 1.82) is 0 Å². The topological polar surface area (TPSA) is 55.1 Å². The van der Waals surface area contributed by atoms with Crippen LogP contribution < -0.4 is 11.1 Å². The fourth-order valence-corrected chi connectivity index (χ4v) is 1.80. The van der Waals surface area contributed by atoms with E-state index in [-0.39, 0.29) is 11.9 Å². The molecule has 0 radical (unpaired) electrons. The van der Waals surface area contributed by atoms with Gasteiger partial charge in [0.05, 0.1) is 0 Å². The number of carbonyl (C=O) groups excluding carboxylic acids is 1. The van der Waals surface area contributed by atoms with Crippen molar-refractivity contribution < 1.29 is 4.79 Å². The van der Waals surface area contributed by atoms with Crippen LogP contribution in [0, 0.1) is 0 Å². The Morgan fingerprint density at radius 1 is 1.35 bits per heavy atom. The third-order valence-electron chi connectivity index (χ3n) is 2.77. The molecule has 0 saturated heterocycles. The minimum Gasteiger partial charge on any atom is -0.352 e. The first-order valence-electron chi connectivity index (χ1n) is 6.29. The minimum atomic E-state index is 0.0951. The molecule has 1 aromatic carbocycles. The average molecular weight is 234 g/mol. The highest BCUT2D eigenvalue weighted by molar-refractivity contribution is 5.76. The van der Waals surface area contributed by atoms with E-state index in [0.717, 1.165) is 19.3 Å². The van der Waals surface area contributed by atoms with Gasteiger partial charge in [0.15, 0.2) is 0 Å². The molecule has 0 aliphatic rings. The Bertz CT molecular complexity index is 324. The summed E-state index contributed by atoms with van der Waals surface area (Å²) < 4.78 is 0. The molecule has 3 N–H and O–H groups in total. The summed E-state index contributed by atoms with van der Waals surface area (Å²) in [7, 11) is 0. The van der Waals surface area contributed by atoms with Crippen LogP contribution in [-0.2, 0) is 11.2 Å². The van der Waals surface area contributed by atoms with Gasteiger partial charge in [0.2, 0.25) is 5.91 Å². The van der Waals surface area contributed by atoms with Crippen molar-refractivity contribution in [2.75, 3.05) is 6.54 Å². The molecule has 3 nitrogen and oxygen atoms in total.